The summed E-state index contributed by atoms with van der Waals surface area (Å²) in [6, 6.07) is 0. The zero-order valence-corrected chi connectivity index (χ0v) is 6.49. The highest BCUT2D eigenvalue weighted by Gasteiger charge is 2.38. The number of ether oxygens (including phenoxy) is 2. The molecular formula is C7H10O4. The van der Waals surface area contributed by atoms with Crippen LogP contribution in [0.25, 0.3) is 0 Å². The molecule has 62 valence electrons. The first-order chi connectivity index (χ1) is 5.15. The lowest BCUT2D eigenvalue weighted by molar-refractivity contribution is -0.154. The fourth-order valence-electron chi connectivity index (χ4n) is 1.09. The van der Waals surface area contributed by atoms with Crippen LogP contribution in [0, 0.1) is 5.92 Å². The molecule has 4 nitrogen and oxygen atoms in total. The smallest absolute Gasteiger partial charge is 0.320 e. The lowest BCUT2D eigenvalue weighted by atomic mass is 10.1. The van der Waals surface area contributed by atoms with E-state index in [9.17, 15) is 9.59 Å². The summed E-state index contributed by atoms with van der Waals surface area (Å²) in [5, 5.41) is 0. The van der Waals surface area contributed by atoms with Crippen molar-refractivity contribution in [3.63, 3.8) is 0 Å². The number of carbonyl (C=O) groups is 2. The van der Waals surface area contributed by atoms with Gasteiger partial charge in [-0.1, -0.05) is 0 Å². The van der Waals surface area contributed by atoms with Gasteiger partial charge >= 0.3 is 11.9 Å². The molecule has 0 aromatic rings. The molecule has 1 aliphatic heterocycles. The Balaban J connectivity index is 2.60. The predicted octanol–water partition coefficient (Wildman–Crippen LogP) is 0.111. The van der Waals surface area contributed by atoms with Crippen molar-refractivity contribution in [1.29, 1.82) is 0 Å². The number of methoxy groups -OCH3 is 1. The van der Waals surface area contributed by atoms with Crippen molar-refractivity contribution in [3.05, 3.63) is 0 Å². The van der Waals surface area contributed by atoms with Gasteiger partial charge in [-0.2, -0.15) is 0 Å². The van der Waals surface area contributed by atoms with Gasteiger partial charge in [0.2, 0.25) is 0 Å². The Morgan fingerprint density at radius 2 is 2.36 bits per heavy atom. The van der Waals surface area contributed by atoms with Crippen molar-refractivity contribution in [2.75, 3.05) is 7.11 Å². The summed E-state index contributed by atoms with van der Waals surface area (Å²) >= 11 is 0. The van der Waals surface area contributed by atoms with Crippen molar-refractivity contribution >= 4 is 11.9 Å². The van der Waals surface area contributed by atoms with E-state index in [2.05, 4.69) is 4.74 Å². The summed E-state index contributed by atoms with van der Waals surface area (Å²) in [5.41, 5.74) is 0. The maximum Gasteiger partial charge on any atom is 0.320 e. The molecule has 0 aliphatic carbocycles. The third-order valence-electron chi connectivity index (χ3n) is 1.66. The second-order valence-corrected chi connectivity index (χ2v) is 2.56. The Hall–Kier alpha value is -1.06. The Labute approximate surface area is 64.5 Å². The van der Waals surface area contributed by atoms with Gasteiger partial charge in [0, 0.05) is 6.42 Å². The summed E-state index contributed by atoms with van der Waals surface area (Å²) in [4.78, 5) is 21.7. The lowest BCUT2D eigenvalue weighted by Crippen LogP contribution is -2.20. The molecular weight excluding hydrogens is 148 g/mol. The van der Waals surface area contributed by atoms with Gasteiger partial charge in [0.05, 0.1) is 7.11 Å². The SMILES string of the molecule is COC(=O)[C@H]1C[C@@H](C)OC1=O. The first-order valence-electron chi connectivity index (χ1n) is 3.43. The molecule has 1 aliphatic rings. The van der Waals surface area contributed by atoms with Crippen LogP contribution in [-0.2, 0) is 19.1 Å². The van der Waals surface area contributed by atoms with Crippen LogP contribution >= 0.6 is 0 Å². The van der Waals surface area contributed by atoms with Crippen molar-refractivity contribution in [3.8, 4) is 0 Å². The summed E-state index contributed by atoms with van der Waals surface area (Å²) in [5.74, 6) is -1.67. The summed E-state index contributed by atoms with van der Waals surface area (Å²) in [7, 11) is 1.26. The highest BCUT2D eigenvalue weighted by molar-refractivity contribution is 5.96. The molecule has 1 fully saturated rings. The lowest BCUT2D eigenvalue weighted by Gasteiger charge is -2.00. The standard InChI is InChI=1S/C7H10O4/c1-4-3-5(6(8)10-2)7(9)11-4/h4-5H,3H2,1-2H3/t4-,5-/m1/s1. The molecule has 0 radical (unpaired) electrons. The number of carbonyl (C=O) groups excluding carboxylic acids is 2. The van der Waals surface area contributed by atoms with Crippen molar-refractivity contribution in [2.45, 2.75) is 19.4 Å². The van der Waals surface area contributed by atoms with Crippen LogP contribution in [0.15, 0.2) is 0 Å². The summed E-state index contributed by atoms with van der Waals surface area (Å²) in [6.07, 6.45) is 0.275. The fourth-order valence-corrected chi connectivity index (χ4v) is 1.09. The van der Waals surface area contributed by atoms with Gasteiger partial charge < -0.3 is 9.47 Å². The molecule has 1 saturated heterocycles. The molecule has 0 aromatic carbocycles. The predicted molar refractivity (Wildman–Crippen MR) is 35.7 cm³/mol. The fraction of sp³-hybridized carbons (Fsp3) is 0.714. The minimum atomic E-state index is -0.699. The van der Waals surface area contributed by atoms with Crippen LogP contribution in [0.2, 0.25) is 0 Å². The van der Waals surface area contributed by atoms with E-state index in [-0.39, 0.29) is 6.10 Å². The van der Waals surface area contributed by atoms with E-state index < -0.39 is 17.9 Å². The van der Waals surface area contributed by atoms with E-state index in [1.165, 1.54) is 7.11 Å². The minimum absolute atomic E-state index is 0.161. The van der Waals surface area contributed by atoms with Gasteiger partial charge in [-0.15, -0.1) is 0 Å². The van der Waals surface area contributed by atoms with Crippen molar-refractivity contribution in [1.82, 2.24) is 0 Å². The largest absolute Gasteiger partial charge is 0.468 e. The third kappa shape index (κ3) is 1.50. The number of esters is 2. The number of cyclic esters (lactones) is 1. The zero-order chi connectivity index (χ0) is 8.43. The first-order valence-corrected chi connectivity index (χ1v) is 3.43. The van der Waals surface area contributed by atoms with E-state index in [0.29, 0.717) is 6.42 Å². The first kappa shape index (κ1) is 8.04. The molecule has 0 saturated carbocycles. The molecule has 1 rings (SSSR count). The summed E-state index contributed by atoms with van der Waals surface area (Å²) in [6.45, 7) is 1.75. The number of hydrogen-bond donors (Lipinski definition) is 0. The molecule has 0 amide bonds. The zero-order valence-electron chi connectivity index (χ0n) is 6.49. The molecule has 0 bridgehead atoms. The van der Waals surface area contributed by atoms with Crippen LogP contribution in [0.3, 0.4) is 0 Å². The number of rotatable bonds is 1. The molecule has 0 spiro atoms. The van der Waals surface area contributed by atoms with E-state index >= 15 is 0 Å². The Kier molecular flexibility index (Phi) is 2.12. The van der Waals surface area contributed by atoms with Crippen molar-refractivity contribution < 1.29 is 19.1 Å². The van der Waals surface area contributed by atoms with Gasteiger partial charge in [0.25, 0.3) is 0 Å². The van der Waals surface area contributed by atoms with Crippen LogP contribution in [0.4, 0.5) is 0 Å². The maximum atomic E-state index is 10.9. The van der Waals surface area contributed by atoms with Gasteiger partial charge in [0.1, 0.15) is 6.10 Å². The van der Waals surface area contributed by atoms with Crippen LogP contribution in [-0.4, -0.2) is 25.2 Å². The quantitative estimate of drug-likeness (QED) is 0.401. The second-order valence-electron chi connectivity index (χ2n) is 2.56. The Bertz CT molecular complexity index is 179. The number of hydrogen-bond acceptors (Lipinski definition) is 4. The minimum Gasteiger partial charge on any atom is -0.468 e. The maximum absolute atomic E-state index is 10.9. The molecule has 2 atom stereocenters. The molecule has 11 heavy (non-hydrogen) atoms. The highest BCUT2D eigenvalue weighted by Crippen LogP contribution is 2.21. The van der Waals surface area contributed by atoms with Gasteiger partial charge in [0.15, 0.2) is 5.92 Å². The van der Waals surface area contributed by atoms with Gasteiger partial charge in [-0.25, -0.2) is 0 Å². The van der Waals surface area contributed by atoms with Crippen LogP contribution in [0.1, 0.15) is 13.3 Å². The average Bonchev–Trinajstić information content (AvgIpc) is 2.28. The molecule has 0 unspecified atom stereocenters. The second kappa shape index (κ2) is 2.90. The van der Waals surface area contributed by atoms with E-state index in [1.54, 1.807) is 6.92 Å². The molecule has 4 heteroatoms. The molecule has 0 aromatic heterocycles. The van der Waals surface area contributed by atoms with E-state index in [1.807, 2.05) is 0 Å². The van der Waals surface area contributed by atoms with Gasteiger partial charge in [-0.05, 0) is 6.92 Å². The van der Waals surface area contributed by atoms with Crippen molar-refractivity contribution in [2.24, 2.45) is 5.92 Å². The Morgan fingerprint density at radius 1 is 1.73 bits per heavy atom. The average molecular weight is 158 g/mol. The van der Waals surface area contributed by atoms with E-state index in [4.69, 9.17) is 4.74 Å². The third-order valence-corrected chi connectivity index (χ3v) is 1.66. The van der Waals surface area contributed by atoms with Gasteiger partial charge in [-0.3, -0.25) is 9.59 Å². The molecule has 1 heterocycles. The highest BCUT2D eigenvalue weighted by atomic mass is 16.6. The van der Waals surface area contributed by atoms with E-state index in [0.717, 1.165) is 0 Å². The normalized spacial score (nSPS) is 29.8. The molecule has 0 N–H and O–H groups in total. The topological polar surface area (TPSA) is 52.6 Å². The van der Waals surface area contributed by atoms with Crippen LogP contribution in [0.5, 0.6) is 0 Å². The monoisotopic (exact) mass is 158 g/mol. The van der Waals surface area contributed by atoms with Crippen LogP contribution < -0.4 is 0 Å². The Morgan fingerprint density at radius 3 is 2.73 bits per heavy atom. The summed E-state index contributed by atoms with van der Waals surface area (Å²) < 4.78 is 9.17.